The predicted octanol–water partition coefficient (Wildman–Crippen LogP) is 4.17. The fourth-order valence-electron chi connectivity index (χ4n) is 1.62. The van der Waals surface area contributed by atoms with Gasteiger partial charge in [0.2, 0.25) is 0 Å². The summed E-state index contributed by atoms with van der Waals surface area (Å²) in [5.74, 6) is -0.327. The van der Waals surface area contributed by atoms with Crippen LogP contribution in [0.4, 0.5) is 0 Å². The van der Waals surface area contributed by atoms with Crippen LogP contribution in [0.2, 0.25) is 0 Å². The van der Waals surface area contributed by atoms with Crippen molar-refractivity contribution in [3.05, 3.63) is 12.2 Å². The van der Waals surface area contributed by atoms with Gasteiger partial charge in [-0.3, -0.25) is 0 Å². The zero-order chi connectivity index (χ0) is 12.8. The summed E-state index contributed by atoms with van der Waals surface area (Å²) in [6, 6.07) is 0. The molecule has 0 bridgehead atoms. The molecule has 0 heterocycles. The molecule has 0 rings (SSSR count). The second-order valence-corrected chi connectivity index (χ2v) is 4.29. The highest BCUT2D eigenvalue weighted by Crippen LogP contribution is 2.07. The second kappa shape index (κ2) is 16.5. The van der Waals surface area contributed by atoms with Crippen molar-refractivity contribution in [2.45, 2.75) is 65.2 Å². The van der Waals surface area contributed by atoms with E-state index in [9.17, 15) is 4.79 Å². The largest absolute Gasteiger partial charge is 0.367 e. The third-order valence-corrected chi connectivity index (χ3v) is 2.61. The Kier molecular flexibility index (Phi) is 18.1. The molecule has 0 aromatic rings. The standard InChI is InChI=1S/C14H27NO2.ClH/c1-3-5-6-7-8-9-10-11-13-15-17-14(16)12-4-2;/h4,12,15H,3,5-11,13H2,1-2H3;1H. The molecule has 0 aliphatic carbocycles. The first-order valence-corrected chi connectivity index (χ1v) is 6.87. The fourth-order valence-corrected chi connectivity index (χ4v) is 1.62. The Bertz CT molecular complexity index is 208. The molecule has 18 heavy (non-hydrogen) atoms. The molecule has 0 aromatic heterocycles. The number of nitrogens with one attached hydrogen (secondary N) is 1. The van der Waals surface area contributed by atoms with Crippen LogP contribution in [-0.4, -0.2) is 12.5 Å². The van der Waals surface area contributed by atoms with Crippen molar-refractivity contribution in [1.29, 1.82) is 0 Å². The van der Waals surface area contributed by atoms with E-state index in [1.807, 2.05) is 0 Å². The van der Waals surface area contributed by atoms with E-state index in [1.165, 1.54) is 51.0 Å². The maximum Gasteiger partial charge on any atom is 0.349 e. The molecule has 0 aliphatic heterocycles. The Morgan fingerprint density at radius 1 is 1.06 bits per heavy atom. The van der Waals surface area contributed by atoms with Gasteiger partial charge in [-0.05, 0) is 13.3 Å². The van der Waals surface area contributed by atoms with E-state index < -0.39 is 0 Å². The van der Waals surface area contributed by atoms with Gasteiger partial charge < -0.3 is 4.84 Å². The van der Waals surface area contributed by atoms with E-state index in [-0.39, 0.29) is 18.4 Å². The highest BCUT2D eigenvalue weighted by Gasteiger charge is 1.95. The van der Waals surface area contributed by atoms with Crippen molar-refractivity contribution in [1.82, 2.24) is 5.48 Å². The van der Waals surface area contributed by atoms with Gasteiger partial charge in [-0.15, -0.1) is 12.4 Å². The molecule has 0 unspecified atom stereocenters. The highest BCUT2D eigenvalue weighted by atomic mass is 35.5. The monoisotopic (exact) mass is 277 g/mol. The molecule has 3 nitrogen and oxygen atoms in total. The van der Waals surface area contributed by atoms with Crippen LogP contribution in [0.15, 0.2) is 12.2 Å². The van der Waals surface area contributed by atoms with Gasteiger partial charge in [0.05, 0.1) is 0 Å². The Hall–Kier alpha value is -0.540. The molecule has 0 radical (unpaired) electrons. The lowest BCUT2D eigenvalue weighted by Crippen LogP contribution is -2.19. The van der Waals surface area contributed by atoms with Crippen molar-refractivity contribution >= 4 is 18.4 Å². The van der Waals surface area contributed by atoms with Gasteiger partial charge in [0, 0.05) is 12.6 Å². The first kappa shape index (κ1) is 19.8. The Morgan fingerprint density at radius 2 is 1.61 bits per heavy atom. The number of allylic oxidation sites excluding steroid dienone is 1. The summed E-state index contributed by atoms with van der Waals surface area (Å²) in [6.45, 7) is 4.78. The number of hydrogen-bond donors (Lipinski definition) is 1. The minimum Gasteiger partial charge on any atom is -0.367 e. The lowest BCUT2D eigenvalue weighted by Gasteiger charge is -2.03. The molecule has 0 amide bonds. The van der Waals surface area contributed by atoms with E-state index >= 15 is 0 Å². The highest BCUT2D eigenvalue weighted by molar-refractivity contribution is 5.85. The molecule has 0 spiro atoms. The third kappa shape index (κ3) is 15.5. The number of carbonyl (C=O) groups is 1. The fraction of sp³-hybridized carbons (Fsp3) is 0.786. The summed E-state index contributed by atoms with van der Waals surface area (Å²) in [5, 5.41) is 0. The van der Waals surface area contributed by atoms with E-state index in [0.717, 1.165) is 13.0 Å². The van der Waals surface area contributed by atoms with Gasteiger partial charge in [0.1, 0.15) is 0 Å². The van der Waals surface area contributed by atoms with Crippen LogP contribution in [0.5, 0.6) is 0 Å². The van der Waals surface area contributed by atoms with Crippen LogP contribution < -0.4 is 5.48 Å². The van der Waals surface area contributed by atoms with E-state index in [0.29, 0.717) is 0 Å². The molecule has 0 saturated heterocycles. The molecule has 4 heteroatoms. The quantitative estimate of drug-likeness (QED) is 0.350. The maximum absolute atomic E-state index is 10.9. The number of rotatable bonds is 11. The van der Waals surface area contributed by atoms with Gasteiger partial charge in [-0.2, -0.15) is 5.48 Å². The molecule has 0 saturated carbocycles. The summed E-state index contributed by atoms with van der Waals surface area (Å²) >= 11 is 0. The van der Waals surface area contributed by atoms with Crippen LogP contribution >= 0.6 is 12.4 Å². The zero-order valence-corrected chi connectivity index (χ0v) is 12.6. The van der Waals surface area contributed by atoms with Crippen LogP contribution in [-0.2, 0) is 9.63 Å². The molecular weight excluding hydrogens is 250 g/mol. The summed E-state index contributed by atoms with van der Waals surface area (Å²) in [4.78, 5) is 15.7. The van der Waals surface area contributed by atoms with E-state index in [1.54, 1.807) is 13.0 Å². The lowest BCUT2D eigenvalue weighted by atomic mass is 10.1. The number of carbonyl (C=O) groups excluding carboxylic acids is 1. The van der Waals surface area contributed by atoms with Crippen LogP contribution in [0.25, 0.3) is 0 Å². The maximum atomic E-state index is 10.9. The predicted molar refractivity (Wildman–Crippen MR) is 78.8 cm³/mol. The smallest absolute Gasteiger partial charge is 0.349 e. The topological polar surface area (TPSA) is 38.3 Å². The van der Waals surface area contributed by atoms with Crippen LogP contribution in [0.3, 0.4) is 0 Å². The minimum absolute atomic E-state index is 0. The van der Waals surface area contributed by atoms with Gasteiger partial charge in [-0.25, -0.2) is 4.79 Å². The Morgan fingerprint density at radius 3 is 2.17 bits per heavy atom. The van der Waals surface area contributed by atoms with Gasteiger partial charge in [-0.1, -0.05) is 57.9 Å². The lowest BCUT2D eigenvalue weighted by molar-refractivity contribution is -0.144. The number of hydroxylamine groups is 1. The Labute approximate surface area is 118 Å². The van der Waals surface area contributed by atoms with Crippen molar-refractivity contribution in [2.75, 3.05) is 6.54 Å². The number of halogens is 1. The zero-order valence-electron chi connectivity index (χ0n) is 11.7. The van der Waals surface area contributed by atoms with Crippen molar-refractivity contribution in [3.63, 3.8) is 0 Å². The average molecular weight is 278 g/mol. The Balaban J connectivity index is 0. The molecule has 1 N–H and O–H groups in total. The summed E-state index contributed by atoms with van der Waals surface area (Å²) in [6.07, 6.45) is 13.4. The molecular formula is C14H28ClNO2. The van der Waals surface area contributed by atoms with Gasteiger partial charge >= 0.3 is 5.97 Å². The SMILES string of the molecule is CC=CC(=O)ONCCCCCCCCCC.Cl. The van der Waals surface area contributed by atoms with Crippen molar-refractivity contribution in [3.8, 4) is 0 Å². The molecule has 0 aliphatic rings. The second-order valence-electron chi connectivity index (χ2n) is 4.29. The summed E-state index contributed by atoms with van der Waals surface area (Å²) in [7, 11) is 0. The molecule has 0 atom stereocenters. The van der Waals surface area contributed by atoms with Crippen LogP contribution in [0.1, 0.15) is 65.2 Å². The van der Waals surface area contributed by atoms with E-state index in [2.05, 4.69) is 12.4 Å². The summed E-state index contributed by atoms with van der Waals surface area (Å²) < 4.78 is 0. The molecule has 0 aromatic carbocycles. The third-order valence-electron chi connectivity index (χ3n) is 2.61. The van der Waals surface area contributed by atoms with E-state index in [4.69, 9.17) is 4.84 Å². The average Bonchev–Trinajstić information content (AvgIpc) is 2.32. The number of unbranched alkanes of at least 4 members (excludes halogenated alkanes) is 7. The van der Waals surface area contributed by atoms with Crippen LogP contribution in [0, 0.1) is 0 Å². The summed E-state index contributed by atoms with van der Waals surface area (Å²) in [5.41, 5.74) is 2.68. The van der Waals surface area contributed by atoms with Crippen molar-refractivity contribution in [2.24, 2.45) is 0 Å². The first-order valence-electron chi connectivity index (χ1n) is 6.87. The normalized spacial score (nSPS) is 10.3. The molecule has 108 valence electrons. The van der Waals surface area contributed by atoms with Gasteiger partial charge in [0.25, 0.3) is 0 Å². The van der Waals surface area contributed by atoms with Gasteiger partial charge in [0.15, 0.2) is 0 Å². The van der Waals surface area contributed by atoms with Crippen molar-refractivity contribution < 1.29 is 9.63 Å². The minimum atomic E-state index is -0.327. The molecule has 0 fully saturated rings. The number of hydrogen-bond acceptors (Lipinski definition) is 3. The first-order chi connectivity index (χ1) is 8.31.